The van der Waals surface area contributed by atoms with Gasteiger partial charge in [0.25, 0.3) is 0 Å². The van der Waals surface area contributed by atoms with Gasteiger partial charge in [0.1, 0.15) is 12.1 Å². The van der Waals surface area contributed by atoms with Crippen LogP contribution in [0.2, 0.25) is 0 Å². The predicted molar refractivity (Wildman–Crippen MR) is 139 cm³/mol. The molecule has 0 radical (unpaired) electrons. The normalized spacial score (nSPS) is 33.8. The van der Waals surface area contributed by atoms with Crippen molar-refractivity contribution in [2.24, 2.45) is 5.92 Å². The number of carbonyl (C=O) groups is 2. The molecule has 2 heterocycles. The fourth-order valence-electron chi connectivity index (χ4n) is 7.84. The van der Waals surface area contributed by atoms with Crippen molar-refractivity contribution in [1.29, 1.82) is 0 Å². The molecule has 1 aromatic rings. The number of nitrogens with one attached hydrogen (secondary N) is 1. The number of hydrogen-bond acceptors (Lipinski definition) is 7. The molecule has 206 valence electrons. The number of hydrogen-bond donors (Lipinski definition) is 4. The number of carboxylic acid groups (broad SMARTS) is 2. The molecule has 2 saturated carbocycles. The van der Waals surface area contributed by atoms with E-state index >= 15 is 0 Å². The van der Waals surface area contributed by atoms with Gasteiger partial charge in [0, 0.05) is 37.7 Å². The van der Waals surface area contributed by atoms with Gasteiger partial charge >= 0.3 is 11.9 Å². The Kier molecular flexibility index (Phi) is 7.69. The molecule has 0 unspecified atom stereocenters. The van der Waals surface area contributed by atoms with Crippen molar-refractivity contribution in [3.05, 3.63) is 23.3 Å². The summed E-state index contributed by atoms with van der Waals surface area (Å²) in [6.45, 7) is 1.99. The van der Waals surface area contributed by atoms with Crippen molar-refractivity contribution in [2.45, 2.75) is 86.6 Å². The molecule has 3 fully saturated rings. The molecule has 1 saturated heterocycles. The smallest absolute Gasteiger partial charge is 0.320 e. The number of methoxy groups -OCH3 is 1. The summed E-state index contributed by atoms with van der Waals surface area (Å²) in [6.07, 6.45) is 4.98. The van der Waals surface area contributed by atoms with Crippen LogP contribution in [0.3, 0.4) is 0 Å². The van der Waals surface area contributed by atoms with Crippen LogP contribution < -0.4 is 10.1 Å². The summed E-state index contributed by atoms with van der Waals surface area (Å²) >= 11 is 0. The third-order valence-corrected chi connectivity index (χ3v) is 9.45. The van der Waals surface area contributed by atoms with Gasteiger partial charge in [-0.05, 0) is 69.0 Å². The number of phenols is 1. The minimum Gasteiger partial charge on any atom is -0.504 e. The van der Waals surface area contributed by atoms with Crippen molar-refractivity contribution in [3.63, 3.8) is 0 Å². The van der Waals surface area contributed by atoms with Gasteiger partial charge in [0.05, 0.1) is 11.0 Å². The number of benzene rings is 1. The van der Waals surface area contributed by atoms with Gasteiger partial charge in [0.15, 0.2) is 11.5 Å². The summed E-state index contributed by atoms with van der Waals surface area (Å²) in [5.41, 5.74) is 1.23. The zero-order valence-electron chi connectivity index (χ0n) is 20.9. The Bertz CT molecular complexity index is 1070. The maximum atomic E-state index is 12.0. The quantitative estimate of drug-likeness (QED) is 0.361. The first kappa shape index (κ1) is 28.2. The van der Waals surface area contributed by atoms with E-state index in [1.165, 1.54) is 18.4 Å². The summed E-state index contributed by atoms with van der Waals surface area (Å²) < 4.78 is 13.1. The largest absolute Gasteiger partial charge is 0.504 e. The van der Waals surface area contributed by atoms with Crippen molar-refractivity contribution in [3.8, 4) is 11.5 Å². The zero-order valence-corrected chi connectivity index (χ0v) is 22.5. The van der Waals surface area contributed by atoms with Gasteiger partial charge in [-0.15, -0.1) is 24.8 Å². The number of nitrogens with zero attached hydrogens (tertiary/aromatic N) is 1. The fourth-order valence-corrected chi connectivity index (χ4v) is 7.84. The number of likely N-dealkylation sites (tertiary alicyclic amines) is 1. The van der Waals surface area contributed by atoms with Gasteiger partial charge in [-0.3, -0.25) is 19.8 Å². The van der Waals surface area contributed by atoms with E-state index < -0.39 is 35.1 Å². The number of piperidine rings is 1. The Morgan fingerprint density at radius 3 is 2.62 bits per heavy atom. The first-order valence-electron chi connectivity index (χ1n) is 12.8. The molecule has 6 rings (SSSR count). The SMILES string of the molecule is CO[C@@]12CC[C@@H](N[C@@H](CCC(=O)O)C(=O)O)[C@@H]3Oc4c(O)ccc5c4[C@@]31CCN(CC1CC1)[C@@H]2C5.Cl.Cl. The predicted octanol–water partition coefficient (Wildman–Crippen LogP) is 2.73. The van der Waals surface area contributed by atoms with Crippen LogP contribution in [0.1, 0.15) is 56.1 Å². The lowest BCUT2D eigenvalue weighted by molar-refractivity contribution is -0.208. The average Bonchev–Trinajstić information content (AvgIpc) is 3.57. The molecule has 0 aromatic heterocycles. The topological polar surface area (TPSA) is 129 Å². The summed E-state index contributed by atoms with van der Waals surface area (Å²) in [6, 6.07) is 2.62. The second kappa shape index (κ2) is 10.1. The maximum absolute atomic E-state index is 12.0. The van der Waals surface area contributed by atoms with Crippen molar-refractivity contribution >= 4 is 36.8 Å². The van der Waals surface area contributed by atoms with E-state index in [1.807, 2.05) is 6.07 Å². The third kappa shape index (κ3) is 4.09. The van der Waals surface area contributed by atoms with Crippen LogP contribution in [0, 0.1) is 5.92 Å². The molecule has 3 aliphatic carbocycles. The lowest BCUT2D eigenvalue weighted by atomic mass is 9.48. The first-order chi connectivity index (χ1) is 16.8. The first-order valence-corrected chi connectivity index (χ1v) is 12.8. The second-order valence-electron chi connectivity index (χ2n) is 11.1. The van der Waals surface area contributed by atoms with Crippen LogP contribution >= 0.6 is 24.8 Å². The number of rotatable bonds is 9. The average molecular weight is 559 g/mol. The maximum Gasteiger partial charge on any atom is 0.320 e. The zero-order chi connectivity index (χ0) is 24.5. The molecule has 0 amide bonds. The molecule has 37 heavy (non-hydrogen) atoms. The Hall–Kier alpha value is -1.78. The van der Waals surface area contributed by atoms with E-state index in [-0.39, 0.29) is 55.5 Å². The molecule has 4 N–H and O–H groups in total. The van der Waals surface area contributed by atoms with E-state index in [0.29, 0.717) is 12.2 Å². The Balaban J connectivity index is 0.00000160. The molecular formula is C26H36Cl2N2O7. The monoisotopic (exact) mass is 558 g/mol. The molecular weight excluding hydrogens is 523 g/mol. The van der Waals surface area contributed by atoms with Gasteiger partial charge in [-0.25, -0.2) is 0 Å². The van der Waals surface area contributed by atoms with Gasteiger partial charge in [-0.1, -0.05) is 6.07 Å². The molecule has 1 spiro atoms. The van der Waals surface area contributed by atoms with Crippen LogP contribution in [0.15, 0.2) is 12.1 Å². The van der Waals surface area contributed by atoms with Gasteiger partial charge < -0.3 is 24.8 Å². The van der Waals surface area contributed by atoms with Crippen LogP contribution in [-0.4, -0.2) is 82.2 Å². The number of aromatic hydroxyl groups is 1. The van der Waals surface area contributed by atoms with Crippen molar-refractivity contribution < 1.29 is 34.4 Å². The Morgan fingerprint density at radius 2 is 1.97 bits per heavy atom. The summed E-state index contributed by atoms with van der Waals surface area (Å²) in [4.78, 5) is 25.7. The standard InChI is InChI=1S/C26H34N2O7.2ClH/c1-34-26-9-8-16(27-17(24(32)33)5-7-20(30)31)23-25(26)10-11-28(13-14-2-3-14)19(26)12-15-4-6-18(29)22(35-23)21(15)25;;/h4,6,14,16-17,19,23,27,29H,2-3,5,7-13H2,1H3,(H,30,31)(H,32,33);2*1H/t16-,17+,19-,23+,25+,26-;;/m1../s1. The van der Waals surface area contributed by atoms with E-state index in [9.17, 15) is 19.8 Å². The fraction of sp³-hybridized carbons (Fsp3) is 0.692. The lowest BCUT2D eigenvalue weighted by Gasteiger charge is -2.65. The summed E-state index contributed by atoms with van der Waals surface area (Å²) in [7, 11) is 1.79. The molecule has 2 aliphatic heterocycles. The highest BCUT2D eigenvalue weighted by molar-refractivity contribution is 5.85. The summed E-state index contributed by atoms with van der Waals surface area (Å²) in [5.74, 6) is -0.707. The van der Waals surface area contributed by atoms with Crippen molar-refractivity contribution in [1.82, 2.24) is 10.2 Å². The molecule has 6 atom stereocenters. The molecule has 2 bridgehead atoms. The molecule has 11 heteroatoms. The number of carboxylic acids is 2. The highest BCUT2D eigenvalue weighted by Gasteiger charge is 2.74. The lowest BCUT2D eigenvalue weighted by Crippen LogP contribution is -2.79. The van der Waals surface area contributed by atoms with Gasteiger partial charge in [0.2, 0.25) is 0 Å². The second-order valence-corrected chi connectivity index (χ2v) is 11.1. The number of halogens is 2. The highest BCUT2D eigenvalue weighted by Crippen LogP contribution is 2.66. The molecule has 1 aromatic carbocycles. The van der Waals surface area contributed by atoms with Gasteiger partial charge in [-0.2, -0.15) is 0 Å². The Morgan fingerprint density at radius 1 is 1.22 bits per heavy atom. The number of ether oxygens (including phenoxy) is 2. The molecule has 5 aliphatic rings. The summed E-state index contributed by atoms with van der Waals surface area (Å²) in [5, 5.41) is 33.0. The van der Waals surface area contributed by atoms with Crippen molar-refractivity contribution in [2.75, 3.05) is 20.2 Å². The van der Waals surface area contributed by atoms with E-state index in [4.69, 9.17) is 14.6 Å². The molecule has 9 nitrogen and oxygen atoms in total. The highest BCUT2D eigenvalue weighted by atomic mass is 35.5. The minimum absolute atomic E-state index is 0. The van der Waals surface area contributed by atoms with Crippen LogP contribution in [0.4, 0.5) is 0 Å². The number of phenolic OH excluding ortho intramolecular Hbond substituents is 1. The van der Waals surface area contributed by atoms with E-state index in [1.54, 1.807) is 13.2 Å². The minimum atomic E-state index is -1.06. The third-order valence-electron chi connectivity index (χ3n) is 9.45. The number of aliphatic carboxylic acids is 2. The Labute approximate surface area is 228 Å². The van der Waals surface area contributed by atoms with Crippen LogP contribution in [-0.2, 0) is 26.2 Å². The van der Waals surface area contributed by atoms with E-state index in [0.717, 1.165) is 43.8 Å². The van der Waals surface area contributed by atoms with E-state index in [2.05, 4.69) is 10.2 Å². The van der Waals surface area contributed by atoms with Crippen LogP contribution in [0.25, 0.3) is 0 Å². The van der Waals surface area contributed by atoms with Crippen LogP contribution in [0.5, 0.6) is 11.5 Å².